The number of aryl methyl sites for hydroxylation is 2. The second kappa shape index (κ2) is 7.92. The third-order valence-corrected chi connectivity index (χ3v) is 6.03. The number of amides is 1. The molecule has 3 aromatic rings. The minimum absolute atomic E-state index is 0.125. The van der Waals surface area contributed by atoms with Crippen molar-refractivity contribution in [3.8, 4) is 0 Å². The summed E-state index contributed by atoms with van der Waals surface area (Å²) in [6, 6.07) is 10.8. The van der Waals surface area contributed by atoms with E-state index in [0.717, 1.165) is 36.6 Å². The lowest BCUT2D eigenvalue weighted by Gasteiger charge is -2.10. The number of sulfonamides is 1. The number of nitrogens with two attached hydrogens (primary N) is 1. The number of esters is 1. The predicted molar refractivity (Wildman–Crippen MR) is 112 cm³/mol. The van der Waals surface area contributed by atoms with E-state index in [2.05, 4.69) is 10.3 Å². The van der Waals surface area contributed by atoms with E-state index in [4.69, 9.17) is 9.88 Å². The van der Waals surface area contributed by atoms with Crippen molar-refractivity contribution in [2.24, 2.45) is 5.14 Å². The maximum Gasteiger partial charge on any atom is 0.338 e. The van der Waals surface area contributed by atoms with Crippen LogP contribution in [-0.4, -0.2) is 31.9 Å². The molecule has 1 heterocycles. The SMILES string of the molecule is NS(=O)(=O)c1cccc(NC(=O)COC(=O)c2ccc3[nH]c4c(c3c2)CCCC4)c1. The summed E-state index contributed by atoms with van der Waals surface area (Å²) in [5.41, 5.74) is 4.08. The lowest BCUT2D eigenvalue weighted by Crippen LogP contribution is -2.21. The third-order valence-electron chi connectivity index (χ3n) is 5.11. The number of nitrogens with one attached hydrogen (secondary N) is 2. The Bertz CT molecular complexity index is 1250. The highest BCUT2D eigenvalue weighted by Gasteiger charge is 2.18. The van der Waals surface area contributed by atoms with Crippen molar-refractivity contribution in [3.63, 3.8) is 0 Å². The summed E-state index contributed by atoms with van der Waals surface area (Å²) < 4.78 is 27.9. The minimum atomic E-state index is -3.88. The molecule has 0 bridgehead atoms. The zero-order valence-electron chi connectivity index (χ0n) is 16.1. The van der Waals surface area contributed by atoms with E-state index in [1.807, 2.05) is 6.07 Å². The van der Waals surface area contributed by atoms with Crippen molar-refractivity contribution >= 4 is 38.5 Å². The summed E-state index contributed by atoms with van der Waals surface area (Å²) >= 11 is 0. The molecule has 1 amide bonds. The Morgan fingerprint density at radius 1 is 1.10 bits per heavy atom. The lowest BCUT2D eigenvalue weighted by molar-refractivity contribution is -0.119. The van der Waals surface area contributed by atoms with Gasteiger partial charge in [0.25, 0.3) is 5.91 Å². The van der Waals surface area contributed by atoms with Crippen LogP contribution in [0.1, 0.15) is 34.5 Å². The van der Waals surface area contributed by atoms with Gasteiger partial charge in [0.1, 0.15) is 0 Å². The van der Waals surface area contributed by atoms with Crippen LogP contribution in [0, 0.1) is 0 Å². The third kappa shape index (κ3) is 4.22. The summed E-state index contributed by atoms with van der Waals surface area (Å²) in [5, 5.41) is 8.58. The molecule has 0 spiro atoms. The summed E-state index contributed by atoms with van der Waals surface area (Å²) in [5.74, 6) is -1.19. The van der Waals surface area contributed by atoms with E-state index in [-0.39, 0.29) is 10.6 Å². The Balaban J connectivity index is 1.41. The number of ether oxygens (including phenoxy) is 1. The first kappa shape index (κ1) is 20.1. The van der Waals surface area contributed by atoms with E-state index in [1.54, 1.807) is 12.1 Å². The topological polar surface area (TPSA) is 131 Å². The van der Waals surface area contributed by atoms with Crippen LogP contribution in [0.5, 0.6) is 0 Å². The minimum Gasteiger partial charge on any atom is -0.452 e. The van der Waals surface area contributed by atoms with Crippen molar-refractivity contribution in [1.82, 2.24) is 4.98 Å². The number of carbonyl (C=O) groups excluding carboxylic acids is 2. The molecule has 0 fully saturated rings. The number of primary sulfonamides is 1. The summed E-state index contributed by atoms with van der Waals surface area (Å²) in [4.78, 5) is 27.8. The standard InChI is InChI=1S/C21H21N3O5S/c22-30(27,28)15-5-3-4-14(11-15)23-20(25)12-29-21(26)13-8-9-19-17(10-13)16-6-1-2-7-18(16)24-19/h3-5,8-11,24H,1-2,6-7,12H2,(H,23,25)(H2,22,27,28). The first-order chi connectivity index (χ1) is 14.3. The van der Waals surface area contributed by atoms with Crippen LogP contribution in [0.25, 0.3) is 10.9 Å². The van der Waals surface area contributed by atoms with E-state index in [0.29, 0.717) is 5.56 Å². The van der Waals surface area contributed by atoms with Gasteiger partial charge in [-0.15, -0.1) is 0 Å². The number of aromatic amines is 1. The average Bonchev–Trinajstić information content (AvgIpc) is 3.09. The fourth-order valence-corrected chi connectivity index (χ4v) is 4.25. The number of fused-ring (bicyclic) bond motifs is 3. The maximum absolute atomic E-state index is 12.4. The van der Waals surface area contributed by atoms with Crippen LogP contribution in [-0.2, 0) is 32.4 Å². The Hall–Kier alpha value is -3.17. The molecule has 30 heavy (non-hydrogen) atoms. The molecule has 8 nitrogen and oxygen atoms in total. The number of hydrogen-bond donors (Lipinski definition) is 3. The van der Waals surface area contributed by atoms with Crippen LogP contribution in [0.2, 0.25) is 0 Å². The van der Waals surface area contributed by atoms with Gasteiger partial charge in [-0.3, -0.25) is 4.79 Å². The van der Waals surface area contributed by atoms with Gasteiger partial charge in [-0.05, 0) is 67.6 Å². The fraction of sp³-hybridized carbons (Fsp3) is 0.238. The largest absolute Gasteiger partial charge is 0.452 e. The van der Waals surface area contributed by atoms with E-state index in [9.17, 15) is 18.0 Å². The molecule has 0 aliphatic heterocycles. The molecule has 0 atom stereocenters. The zero-order valence-corrected chi connectivity index (χ0v) is 16.9. The molecular formula is C21H21N3O5S. The van der Waals surface area contributed by atoms with E-state index >= 15 is 0 Å². The van der Waals surface area contributed by atoms with Gasteiger partial charge >= 0.3 is 5.97 Å². The van der Waals surface area contributed by atoms with Gasteiger partial charge in [0.2, 0.25) is 10.0 Å². The molecule has 2 aromatic carbocycles. The van der Waals surface area contributed by atoms with Crippen molar-refractivity contribution in [2.45, 2.75) is 30.6 Å². The van der Waals surface area contributed by atoms with Crippen LogP contribution in [0.3, 0.4) is 0 Å². The Morgan fingerprint density at radius 2 is 1.90 bits per heavy atom. The molecule has 1 aliphatic carbocycles. The number of anilines is 1. The second-order valence-electron chi connectivity index (χ2n) is 7.25. The molecule has 9 heteroatoms. The van der Waals surface area contributed by atoms with Gasteiger partial charge < -0.3 is 15.0 Å². The van der Waals surface area contributed by atoms with Crippen LogP contribution >= 0.6 is 0 Å². The number of benzene rings is 2. The Kier molecular flexibility index (Phi) is 5.31. The first-order valence-corrected chi connectivity index (χ1v) is 11.1. The molecule has 4 rings (SSSR count). The highest BCUT2D eigenvalue weighted by Crippen LogP contribution is 2.29. The van der Waals surface area contributed by atoms with Crippen molar-refractivity contribution < 1.29 is 22.7 Å². The van der Waals surface area contributed by atoms with Crippen LogP contribution in [0.4, 0.5) is 5.69 Å². The number of rotatable bonds is 5. The monoisotopic (exact) mass is 427 g/mol. The summed E-state index contributed by atoms with van der Waals surface area (Å²) in [6.07, 6.45) is 4.27. The van der Waals surface area contributed by atoms with Crippen molar-refractivity contribution in [1.29, 1.82) is 0 Å². The molecule has 0 radical (unpaired) electrons. The molecule has 156 valence electrons. The molecular weight excluding hydrogens is 406 g/mol. The molecule has 0 saturated heterocycles. The fourth-order valence-electron chi connectivity index (χ4n) is 3.70. The van der Waals surface area contributed by atoms with Gasteiger partial charge in [-0.1, -0.05) is 6.07 Å². The van der Waals surface area contributed by atoms with Gasteiger partial charge in [0.15, 0.2) is 6.61 Å². The van der Waals surface area contributed by atoms with E-state index < -0.39 is 28.5 Å². The highest BCUT2D eigenvalue weighted by molar-refractivity contribution is 7.89. The Labute approximate surface area is 173 Å². The number of carbonyl (C=O) groups is 2. The van der Waals surface area contributed by atoms with Crippen LogP contribution in [0.15, 0.2) is 47.4 Å². The van der Waals surface area contributed by atoms with Gasteiger partial charge in [-0.2, -0.15) is 0 Å². The van der Waals surface area contributed by atoms with Crippen molar-refractivity contribution in [2.75, 3.05) is 11.9 Å². The maximum atomic E-state index is 12.4. The molecule has 0 saturated carbocycles. The summed E-state index contributed by atoms with van der Waals surface area (Å²) in [7, 11) is -3.88. The molecule has 1 aliphatic rings. The summed E-state index contributed by atoms with van der Waals surface area (Å²) in [6.45, 7) is -0.498. The van der Waals surface area contributed by atoms with Crippen molar-refractivity contribution in [3.05, 3.63) is 59.3 Å². The number of hydrogen-bond acceptors (Lipinski definition) is 5. The number of aromatic nitrogens is 1. The zero-order chi connectivity index (χ0) is 21.3. The number of H-pyrrole nitrogens is 1. The quantitative estimate of drug-likeness (QED) is 0.538. The normalized spacial score (nSPS) is 13.6. The lowest BCUT2D eigenvalue weighted by atomic mass is 9.95. The molecule has 1 aromatic heterocycles. The van der Waals surface area contributed by atoms with E-state index in [1.165, 1.54) is 35.5 Å². The first-order valence-electron chi connectivity index (χ1n) is 9.54. The van der Waals surface area contributed by atoms with Gasteiger partial charge in [0, 0.05) is 22.3 Å². The van der Waals surface area contributed by atoms with Crippen LogP contribution < -0.4 is 10.5 Å². The average molecular weight is 427 g/mol. The van der Waals surface area contributed by atoms with Gasteiger partial charge in [-0.25, -0.2) is 18.4 Å². The van der Waals surface area contributed by atoms with Gasteiger partial charge in [0.05, 0.1) is 10.5 Å². The molecule has 0 unspecified atom stereocenters. The Morgan fingerprint density at radius 3 is 2.70 bits per heavy atom. The smallest absolute Gasteiger partial charge is 0.338 e. The predicted octanol–water partition coefficient (Wildman–Crippen LogP) is 2.49. The highest BCUT2D eigenvalue weighted by atomic mass is 32.2. The second-order valence-corrected chi connectivity index (χ2v) is 8.81. The molecule has 4 N–H and O–H groups in total.